The van der Waals surface area contributed by atoms with Gasteiger partial charge in [0.05, 0.1) is 18.3 Å². The highest BCUT2D eigenvalue weighted by Crippen LogP contribution is 2.64. The minimum absolute atomic E-state index is 0.0395. The van der Waals surface area contributed by atoms with Gasteiger partial charge in [0.2, 0.25) is 0 Å². The molecule has 0 radical (unpaired) electrons. The molecule has 0 amide bonds. The fourth-order valence-electron chi connectivity index (χ4n) is 6.19. The van der Waals surface area contributed by atoms with Gasteiger partial charge in [0.25, 0.3) is 10.1 Å². The number of methoxy groups -OCH3 is 1. The van der Waals surface area contributed by atoms with Gasteiger partial charge in [-0.15, -0.1) is 0 Å². The SMILES string of the molecule is COC1=CC(=O)C2(C)CC=CCC2C1OS(=O)(=O)CC12CCC(CC1=O)C2(C)C. The average Bonchev–Trinajstić information content (AvgIpc) is 2.98. The Balaban J connectivity index is 1.65. The lowest BCUT2D eigenvalue weighted by Crippen LogP contribution is -2.50. The van der Waals surface area contributed by atoms with E-state index in [1.807, 2.05) is 32.9 Å². The summed E-state index contributed by atoms with van der Waals surface area (Å²) in [6.45, 7) is 5.88. The number of allylic oxidation sites excluding steroid dienone is 3. The third kappa shape index (κ3) is 2.87. The number of hydrogen-bond donors (Lipinski definition) is 0. The Labute approximate surface area is 172 Å². The zero-order valence-corrected chi connectivity index (χ0v) is 18.4. The minimum Gasteiger partial charge on any atom is -0.498 e. The molecule has 4 aliphatic rings. The van der Waals surface area contributed by atoms with Crippen molar-refractivity contribution >= 4 is 21.7 Å². The predicted molar refractivity (Wildman–Crippen MR) is 107 cm³/mol. The zero-order valence-electron chi connectivity index (χ0n) is 17.6. The normalized spacial score (nSPS) is 40.7. The number of ether oxygens (including phenoxy) is 1. The first-order valence-corrected chi connectivity index (χ1v) is 11.9. The molecule has 4 aliphatic carbocycles. The lowest BCUT2D eigenvalue weighted by atomic mass is 9.62. The lowest BCUT2D eigenvalue weighted by molar-refractivity contribution is -0.131. The van der Waals surface area contributed by atoms with Gasteiger partial charge in [-0.25, -0.2) is 0 Å². The first kappa shape index (κ1) is 20.8. The fraction of sp³-hybridized carbons (Fsp3) is 0.727. The second-order valence-electron chi connectivity index (χ2n) is 9.94. The molecule has 2 saturated carbocycles. The summed E-state index contributed by atoms with van der Waals surface area (Å²) in [7, 11) is -2.60. The molecule has 0 aromatic rings. The first-order valence-electron chi connectivity index (χ1n) is 10.4. The van der Waals surface area contributed by atoms with Gasteiger partial charge in [-0.3, -0.25) is 13.8 Å². The molecule has 0 heterocycles. The Morgan fingerprint density at radius 1 is 1.17 bits per heavy atom. The Hall–Kier alpha value is -1.47. The summed E-state index contributed by atoms with van der Waals surface area (Å²) in [5, 5.41) is 0. The summed E-state index contributed by atoms with van der Waals surface area (Å²) in [6.07, 6.45) is 7.45. The topological polar surface area (TPSA) is 86.7 Å². The number of carbonyl (C=O) groups excluding carboxylic acids is 2. The summed E-state index contributed by atoms with van der Waals surface area (Å²) in [4.78, 5) is 25.5. The van der Waals surface area contributed by atoms with Gasteiger partial charge in [0.1, 0.15) is 17.6 Å². The van der Waals surface area contributed by atoms with E-state index in [9.17, 15) is 18.0 Å². The summed E-state index contributed by atoms with van der Waals surface area (Å²) in [5.74, 6) is -0.170. The largest absolute Gasteiger partial charge is 0.498 e. The van der Waals surface area contributed by atoms with Crippen LogP contribution in [0.2, 0.25) is 0 Å². The van der Waals surface area contributed by atoms with Crippen molar-refractivity contribution in [2.45, 2.75) is 59.0 Å². The van der Waals surface area contributed by atoms with Gasteiger partial charge in [0.15, 0.2) is 5.78 Å². The standard InChI is InChI=1S/C22H30O6S/c1-20(2)14-8-10-22(20,18(24)11-14)13-29(25,26)28-19-15-7-5-6-9-21(15,3)17(23)12-16(19)27-4/h5-6,12,14-15,19H,7-11,13H2,1-4H3. The van der Waals surface area contributed by atoms with Crippen molar-refractivity contribution in [1.82, 2.24) is 0 Å². The van der Waals surface area contributed by atoms with E-state index >= 15 is 0 Å². The number of ketones is 2. The van der Waals surface area contributed by atoms with Crippen LogP contribution in [0.15, 0.2) is 24.0 Å². The van der Waals surface area contributed by atoms with E-state index in [2.05, 4.69) is 0 Å². The van der Waals surface area contributed by atoms with Gasteiger partial charge in [0, 0.05) is 23.8 Å². The van der Waals surface area contributed by atoms with E-state index in [-0.39, 0.29) is 40.3 Å². The second kappa shape index (κ2) is 6.51. The van der Waals surface area contributed by atoms with Crippen molar-refractivity contribution in [1.29, 1.82) is 0 Å². The van der Waals surface area contributed by atoms with Crippen molar-refractivity contribution in [2.75, 3.05) is 12.9 Å². The molecule has 6 nitrogen and oxygen atoms in total. The van der Waals surface area contributed by atoms with Gasteiger partial charge >= 0.3 is 0 Å². The first-order chi connectivity index (χ1) is 13.5. The van der Waals surface area contributed by atoms with E-state index in [4.69, 9.17) is 8.92 Å². The molecule has 2 fully saturated rings. The van der Waals surface area contributed by atoms with Crippen molar-refractivity contribution in [3.05, 3.63) is 24.0 Å². The highest BCUT2D eigenvalue weighted by Gasteiger charge is 2.65. The molecule has 2 bridgehead atoms. The van der Waals surface area contributed by atoms with Crippen LogP contribution in [0.25, 0.3) is 0 Å². The zero-order chi connectivity index (χ0) is 21.2. The Morgan fingerprint density at radius 2 is 1.90 bits per heavy atom. The molecule has 0 saturated heterocycles. The van der Waals surface area contributed by atoms with Gasteiger partial charge in [-0.05, 0) is 37.0 Å². The molecule has 160 valence electrons. The van der Waals surface area contributed by atoms with Crippen LogP contribution in [0.1, 0.15) is 52.9 Å². The molecule has 0 aromatic heterocycles. The molecule has 0 N–H and O–H groups in total. The van der Waals surface area contributed by atoms with Crippen molar-refractivity contribution in [2.24, 2.45) is 28.1 Å². The van der Waals surface area contributed by atoms with E-state index in [0.29, 0.717) is 25.7 Å². The van der Waals surface area contributed by atoms with Crippen LogP contribution in [0.3, 0.4) is 0 Å². The monoisotopic (exact) mass is 422 g/mol. The van der Waals surface area contributed by atoms with Crippen molar-refractivity contribution in [3.63, 3.8) is 0 Å². The molecular formula is C22H30O6S. The maximum atomic E-state index is 13.2. The molecular weight excluding hydrogens is 392 g/mol. The minimum atomic E-state index is -4.03. The summed E-state index contributed by atoms with van der Waals surface area (Å²) < 4.78 is 37.6. The maximum Gasteiger partial charge on any atom is 0.269 e. The van der Waals surface area contributed by atoms with Crippen LogP contribution in [0, 0.1) is 28.1 Å². The molecule has 4 rings (SSSR count). The maximum absolute atomic E-state index is 13.2. The lowest BCUT2D eigenvalue weighted by Gasteiger charge is -2.44. The Bertz CT molecular complexity index is 914. The van der Waals surface area contributed by atoms with Crippen molar-refractivity contribution in [3.8, 4) is 0 Å². The number of rotatable bonds is 5. The molecule has 7 heteroatoms. The van der Waals surface area contributed by atoms with E-state index in [1.165, 1.54) is 13.2 Å². The fourth-order valence-corrected chi connectivity index (χ4v) is 8.08. The van der Waals surface area contributed by atoms with Crippen LogP contribution >= 0.6 is 0 Å². The van der Waals surface area contributed by atoms with Gasteiger partial charge in [-0.1, -0.05) is 32.9 Å². The highest BCUT2D eigenvalue weighted by molar-refractivity contribution is 7.86. The smallest absolute Gasteiger partial charge is 0.269 e. The quantitative estimate of drug-likeness (QED) is 0.500. The van der Waals surface area contributed by atoms with Crippen LogP contribution < -0.4 is 0 Å². The molecule has 5 unspecified atom stereocenters. The van der Waals surface area contributed by atoms with Gasteiger partial charge in [-0.2, -0.15) is 8.42 Å². The third-order valence-electron chi connectivity index (χ3n) is 8.45. The van der Waals surface area contributed by atoms with Crippen molar-refractivity contribution < 1.29 is 26.9 Å². The summed E-state index contributed by atoms with van der Waals surface area (Å²) >= 11 is 0. The third-order valence-corrected chi connectivity index (χ3v) is 9.79. The summed E-state index contributed by atoms with van der Waals surface area (Å²) in [5.41, 5.74) is -1.95. The van der Waals surface area contributed by atoms with Crippen LogP contribution in [0.4, 0.5) is 0 Å². The van der Waals surface area contributed by atoms with Gasteiger partial charge < -0.3 is 4.74 Å². The number of fused-ring (bicyclic) bond motifs is 3. The predicted octanol–water partition coefficient (Wildman–Crippen LogP) is 3.18. The summed E-state index contributed by atoms with van der Waals surface area (Å²) in [6, 6.07) is 0. The highest BCUT2D eigenvalue weighted by atomic mass is 32.2. The molecule has 0 aromatic carbocycles. The number of Topliss-reactive ketones (excluding diaryl/α,β-unsaturated/α-hetero) is 1. The van der Waals surface area contributed by atoms with E-state index < -0.39 is 27.1 Å². The number of carbonyl (C=O) groups is 2. The average molecular weight is 423 g/mol. The van der Waals surface area contributed by atoms with E-state index in [0.717, 1.165) is 6.42 Å². The van der Waals surface area contributed by atoms with Crippen LogP contribution in [0.5, 0.6) is 0 Å². The van der Waals surface area contributed by atoms with E-state index in [1.54, 1.807) is 0 Å². The van der Waals surface area contributed by atoms with Crippen LogP contribution in [-0.4, -0.2) is 39.0 Å². The molecule has 0 aliphatic heterocycles. The molecule has 0 spiro atoms. The molecule has 5 atom stereocenters. The Kier molecular flexibility index (Phi) is 4.67. The second-order valence-corrected chi connectivity index (χ2v) is 11.5. The number of hydrogen-bond acceptors (Lipinski definition) is 6. The Morgan fingerprint density at radius 3 is 2.48 bits per heavy atom. The molecule has 29 heavy (non-hydrogen) atoms. The van der Waals surface area contributed by atoms with Crippen LogP contribution in [-0.2, 0) is 28.6 Å².